The summed E-state index contributed by atoms with van der Waals surface area (Å²) < 4.78 is 12.8. The second-order valence-electron chi connectivity index (χ2n) is 6.05. The summed E-state index contributed by atoms with van der Waals surface area (Å²) >= 11 is 0. The maximum Gasteiger partial charge on any atom is 0.278 e. The average Bonchev–Trinajstić information content (AvgIpc) is 2.88. The van der Waals surface area contributed by atoms with Crippen molar-refractivity contribution in [2.24, 2.45) is 0 Å². The van der Waals surface area contributed by atoms with E-state index < -0.39 is 0 Å². The first kappa shape index (κ1) is 15.7. The molecule has 0 spiro atoms. The molecule has 2 aromatic rings. The van der Waals surface area contributed by atoms with Gasteiger partial charge in [-0.1, -0.05) is 30.3 Å². The van der Waals surface area contributed by atoms with Crippen LogP contribution in [0.1, 0.15) is 22.5 Å². The highest BCUT2D eigenvalue weighted by atomic mass is 16.5. The Morgan fingerprint density at radius 1 is 1.16 bits per heavy atom. The minimum absolute atomic E-state index is 0.0764. The minimum atomic E-state index is -0.304. The summed E-state index contributed by atoms with van der Waals surface area (Å²) in [7, 11) is 0. The van der Waals surface area contributed by atoms with Crippen molar-refractivity contribution in [2.45, 2.75) is 19.2 Å². The molecule has 0 saturated carbocycles. The number of pyridine rings is 1. The summed E-state index contributed by atoms with van der Waals surface area (Å²) in [5, 5.41) is 0. The molecule has 7 heteroatoms. The van der Waals surface area contributed by atoms with Gasteiger partial charge in [-0.05, 0) is 5.56 Å². The summed E-state index contributed by atoms with van der Waals surface area (Å²) in [4.78, 5) is 27.0. The molecule has 1 N–H and O–H groups in total. The first-order valence-electron chi connectivity index (χ1n) is 8.32. The van der Waals surface area contributed by atoms with Crippen molar-refractivity contribution in [1.29, 1.82) is 0 Å². The Bertz CT molecular complexity index is 834. The topological polar surface area (TPSA) is 72.8 Å². The number of benzene rings is 1. The normalized spacial score (nSPS) is 19.4. The maximum absolute atomic E-state index is 13.0. The number of carbonyl (C=O) groups excluding carboxylic acids is 1. The van der Waals surface area contributed by atoms with Crippen LogP contribution in [0.25, 0.3) is 0 Å². The zero-order valence-corrected chi connectivity index (χ0v) is 13.7. The fraction of sp³-hybridized carbons (Fsp3) is 0.333. The summed E-state index contributed by atoms with van der Waals surface area (Å²) in [5.74, 6) is -0.137. The number of nitrogens with one attached hydrogen (secondary N) is 1. The van der Waals surface area contributed by atoms with Gasteiger partial charge >= 0.3 is 0 Å². The van der Waals surface area contributed by atoms with E-state index in [2.05, 4.69) is 5.43 Å². The van der Waals surface area contributed by atoms with Gasteiger partial charge in [0.1, 0.15) is 12.8 Å². The first-order valence-corrected chi connectivity index (χ1v) is 8.32. The number of aromatic nitrogens is 1. The summed E-state index contributed by atoms with van der Waals surface area (Å²) in [6, 6.07) is 11.0. The summed E-state index contributed by atoms with van der Waals surface area (Å²) in [5.41, 5.74) is 4.12. The molecule has 1 atom stereocenters. The van der Waals surface area contributed by atoms with Crippen molar-refractivity contribution >= 4 is 5.91 Å². The molecule has 1 aromatic carbocycles. The number of nitrogens with zero attached hydrogens (tertiary/aromatic N) is 2. The predicted molar refractivity (Wildman–Crippen MR) is 91.1 cm³/mol. The lowest BCUT2D eigenvalue weighted by Crippen LogP contribution is -2.54. The number of rotatable bonds is 3. The van der Waals surface area contributed by atoms with Crippen LogP contribution in [0.3, 0.4) is 0 Å². The van der Waals surface area contributed by atoms with Crippen molar-refractivity contribution in [3.63, 3.8) is 0 Å². The molecule has 1 saturated heterocycles. The van der Waals surface area contributed by atoms with Crippen molar-refractivity contribution in [3.8, 4) is 5.75 Å². The minimum Gasteiger partial charge on any atom is -0.482 e. The van der Waals surface area contributed by atoms with E-state index in [1.165, 1.54) is 6.07 Å². The highest BCUT2D eigenvalue weighted by Crippen LogP contribution is 2.23. The van der Waals surface area contributed by atoms with Gasteiger partial charge in [0.2, 0.25) is 5.43 Å². The van der Waals surface area contributed by atoms with E-state index >= 15 is 0 Å². The molecule has 0 bridgehead atoms. The third-order valence-electron chi connectivity index (χ3n) is 4.42. The fourth-order valence-corrected chi connectivity index (χ4v) is 3.14. The standard InChI is InChI=1S/C18H19N3O4/c22-14-6-8-21-16(17(14)25-12-13-4-2-1-3-5-13)18(23)20-9-11-24-10-7-15(20)19-21/h1-6,8,15,19H,7,9-12H2/t15-/m0/s1. The van der Waals surface area contributed by atoms with E-state index in [4.69, 9.17) is 9.47 Å². The number of carbonyl (C=O) groups is 1. The fourth-order valence-electron chi connectivity index (χ4n) is 3.14. The van der Waals surface area contributed by atoms with Gasteiger partial charge in [-0.2, -0.15) is 0 Å². The lowest BCUT2D eigenvalue weighted by molar-refractivity contribution is 0.0630. The van der Waals surface area contributed by atoms with E-state index in [-0.39, 0.29) is 35.6 Å². The SMILES string of the molecule is O=C1c2c(OCc3ccccc3)c(=O)ccn2N[C@@H]2CCOCCN12. The summed E-state index contributed by atoms with van der Waals surface area (Å²) in [6.45, 7) is 1.79. The van der Waals surface area contributed by atoms with Crippen molar-refractivity contribution in [2.75, 3.05) is 25.2 Å². The lowest BCUT2D eigenvalue weighted by atomic mass is 10.2. The second kappa shape index (κ2) is 6.60. The second-order valence-corrected chi connectivity index (χ2v) is 6.05. The van der Waals surface area contributed by atoms with E-state index in [0.29, 0.717) is 26.2 Å². The van der Waals surface area contributed by atoms with Gasteiger partial charge in [0.15, 0.2) is 11.4 Å². The Morgan fingerprint density at radius 3 is 2.84 bits per heavy atom. The van der Waals surface area contributed by atoms with Crippen LogP contribution in [-0.2, 0) is 11.3 Å². The molecule has 3 heterocycles. The molecular formula is C18H19N3O4. The highest BCUT2D eigenvalue weighted by molar-refractivity contribution is 5.96. The largest absolute Gasteiger partial charge is 0.482 e. The third kappa shape index (κ3) is 2.98. The zero-order chi connectivity index (χ0) is 17.2. The zero-order valence-electron chi connectivity index (χ0n) is 13.7. The van der Waals surface area contributed by atoms with Crippen molar-refractivity contribution < 1.29 is 14.3 Å². The van der Waals surface area contributed by atoms with E-state index in [1.54, 1.807) is 15.8 Å². The summed E-state index contributed by atoms with van der Waals surface area (Å²) in [6.07, 6.45) is 2.12. The molecule has 25 heavy (non-hydrogen) atoms. The molecule has 1 amide bonds. The molecule has 2 aliphatic heterocycles. The predicted octanol–water partition coefficient (Wildman–Crippen LogP) is 1.17. The number of amides is 1. The highest BCUT2D eigenvalue weighted by Gasteiger charge is 2.35. The van der Waals surface area contributed by atoms with Crippen LogP contribution in [0.4, 0.5) is 0 Å². The Morgan fingerprint density at radius 2 is 2.00 bits per heavy atom. The van der Waals surface area contributed by atoms with Gasteiger partial charge in [0.05, 0.1) is 13.2 Å². The van der Waals surface area contributed by atoms with Crippen molar-refractivity contribution in [1.82, 2.24) is 9.58 Å². The van der Waals surface area contributed by atoms with Crippen LogP contribution in [0, 0.1) is 0 Å². The maximum atomic E-state index is 13.0. The Balaban J connectivity index is 1.67. The van der Waals surface area contributed by atoms with Gasteiger partial charge in [-0.15, -0.1) is 0 Å². The van der Waals surface area contributed by atoms with E-state index in [9.17, 15) is 9.59 Å². The van der Waals surface area contributed by atoms with Crippen LogP contribution in [0.15, 0.2) is 47.4 Å². The molecular weight excluding hydrogens is 322 g/mol. The van der Waals surface area contributed by atoms with Crippen LogP contribution >= 0.6 is 0 Å². The van der Waals surface area contributed by atoms with Gasteiger partial charge in [0, 0.05) is 25.2 Å². The van der Waals surface area contributed by atoms with Gasteiger partial charge in [-0.3, -0.25) is 14.3 Å². The Hall–Kier alpha value is -2.80. The molecule has 0 unspecified atom stereocenters. The Kier molecular flexibility index (Phi) is 4.15. The number of fused-ring (bicyclic) bond motifs is 2. The molecule has 0 radical (unpaired) electrons. The quantitative estimate of drug-likeness (QED) is 0.907. The molecule has 2 aliphatic rings. The molecule has 1 fully saturated rings. The van der Waals surface area contributed by atoms with Crippen LogP contribution in [-0.4, -0.2) is 41.4 Å². The van der Waals surface area contributed by atoms with Crippen LogP contribution < -0.4 is 15.6 Å². The third-order valence-corrected chi connectivity index (χ3v) is 4.42. The lowest BCUT2D eigenvalue weighted by Gasteiger charge is -2.37. The van der Waals surface area contributed by atoms with Crippen LogP contribution in [0.2, 0.25) is 0 Å². The number of hydrogen-bond donors (Lipinski definition) is 1. The van der Waals surface area contributed by atoms with Gasteiger partial charge in [-0.25, -0.2) is 0 Å². The molecule has 130 valence electrons. The number of ether oxygens (including phenoxy) is 2. The van der Waals surface area contributed by atoms with E-state index in [1.807, 2.05) is 30.3 Å². The average molecular weight is 341 g/mol. The van der Waals surface area contributed by atoms with Gasteiger partial charge in [0.25, 0.3) is 5.91 Å². The molecule has 7 nitrogen and oxygen atoms in total. The monoisotopic (exact) mass is 341 g/mol. The smallest absolute Gasteiger partial charge is 0.278 e. The molecule has 4 rings (SSSR count). The van der Waals surface area contributed by atoms with Crippen molar-refractivity contribution in [3.05, 3.63) is 64.1 Å². The first-order chi connectivity index (χ1) is 12.2. The van der Waals surface area contributed by atoms with E-state index in [0.717, 1.165) is 5.56 Å². The molecule has 1 aromatic heterocycles. The molecule has 0 aliphatic carbocycles. The van der Waals surface area contributed by atoms with Crippen LogP contribution in [0.5, 0.6) is 5.75 Å². The van der Waals surface area contributed by atoms with Gasteiger partial charge < -0.3 is 19.8 Å². The number of hydrogen-bond acceptors (Lipinski definition) is 5. The Labute approximate surface area is 144 Å².